The Labute approximate surface area is 161 Å². The molecule has 1 amide bonds. The van der Waals surface area contributed by atoms with Crippen LogP contribution in [0.25, 0.3) is 0 Å². The van der Waals surface area contributed by atoms with Crippen molar-refractivity contribution in [2.75, 3.05) is 20.8 Å². The van der Waals surface area contributed by atoms with E-state index in [4.69, 9.17) is 0 Å². The van der Waals surface area contributed by atoms with Crippen LogP contribution >= 0.6 is 0 Å². The van der Waals surface area contributed by atoms with Gasteiger partial charge in [0.25, 0.3) is 6.43 Å². The first kappa shape index (κ1) is 21.0. The van der Waals surface area contributed by atoms with E-state index in [0.717, 1.165) is 6.07 Å². The van der Waals surface area contributed by atoms with Crippen molar-refractivity contribution in [3.05, 3.63) is 35.1 Å². The summed E-state index contributed by atoms with van der Waals surface area (Å²) in [5.74, 6) is -1.77. The lowest BCUT2D eigenvalue weighted by Gasteiger charge is -2.41. The van der Waals surface area contributed by atoms with Gasteiger partial charge in [0, 0.05) is 11.1 Å². The predicted octanol–water partition coefficient (Wildman–Crippen LogP) is 1.88. The zero-order valence-corrected chi connectivity index (χ0v) is 15.9. The quantitative estimate of drug-likeness (QED) is 0.634. The summed E-state index contributed by atoms with van der Waals surface area (Å²) >= 11 is 0. The largest absolute Gasteiger partial charge is 0.327 e. The molecule has 2 aliphatic rings. The van der Waals surface area contributed by atoms with E-state index >= 15 is 0 Å². The van der Waals surface area contributed by atoms with Crippen LogP contribution in [0.3, 0.4) is 0 Å². The summed E-state index contributed by atoms with van der Waals surface area (Å²) in [6.07, 6.45) is -3.39. The van der Waals surface area contributed by atoms with Gasteiger partial charge in [0.15, 0.2) is 0 Å². The smallest absolute Gasteiger partial charge is 0.263 e. The molecule has 0 aromatic heterocycles. The molecule has 3 N–H and O–H groups in total. The van der Waals surface area contributed by atoms with E-state index in [1.165, 1.54) is 12.1 Å². The lowest BCUT2D eigenvalue weighted by atomic mass is 9.95. The minimum Gasteiger partial charge on any atom is -0.327 e. The molecular formula is C18H25F4N5O. The van der Waals surface area contributed by atoms with Gasteiger partial charge in [0.05, 0.1) is 24.2 Å². The van der Waals surface area contributed by atoms with Crippen LogP contribution in [0, 0.1) is 11.7 Å². The number of rotatable bonds is 6. The van der Waals surface area contributed by atoms with Gasteiger partial charge in [-0.1, -0.05) is 19.1 Å². The summed E-state index contributed by atoms with van der Waals surface area (Å²) in [4.78, 5) is 14.3. The number of fused-ring (bicyclic) bond motifs is 1. The molecule has 10 heteroatoms. The van der Waals surface area contributed by atoms with E-state index in [1.54, 1.807) is 24.0 Å². The van der Waals surface area contributed by atoms with Gasteiger partial charge < -0.3 is 5.32 Å². The normalized spacial score (nSPS) is 29.2. The number of hydrogen-bond acceptors (Lipinski definition) is 5. The zero-order valence-electron chi connectivity index (χ0n) is 15.9. The molecule has 2 fully saturated rings. The monoisotopic (exact) mass is 403 g/mol. The van der Waals surface area contributed by atoms with Crippen molar-refractivity contribution >= 4 is 5.91 Å². The van der Waals surface area contributed by atoms with Crippen LogP contribution in [-0.4, -0.2) is 55.1 Å². The van der Waals surface area contributed by atoms with Crippen molar-refractivity contribution in [1.29, 1.82) is 0 Å². The molecule has 2 aliphatic heterocycles. The first-order valence-electron chi connectivity index (χ1n) is 9.19. The van der Waals surface area contributed by atoms with Crippen LogP contribution in [0.2, 0.25) is 0 Å². The average molecular weight is 403 g/mol. The lowest BCUT2D eigenvalue weighted by Crippen LogP contribution is -2.68. The fourth-order valence-electron chi connectivity index (χ4n) is 3.90. The molecule has 0 saturated carbocycles. The number of amides is 1. The van der Waals surface area contributed by atoms with Crippen molar-refractivity contribution in [2.45, 2.75) is 44.3 Å². The lowest BCUT2D eigenvalue weighted by molar-refractivity contribution is -0.133. The topological polar surface area (TPSA) is 59.6 Å². The fourth-order valence-corrected chi connectivity index (χ4v) is 3.90. The molecule has 2 heterocycles. The van der Waals surface area contributed by atoms with Crippen LogP contribution in [0.4, 0.5) is 17.6 Å². The molecule has 156 valence electrons. The molecule has 28 heavy (non-hydrogen) atoms. The first-order chi connectivity index (χ1) is 13.3. The van der Waals surface area contributed by atoms with E-state index in [1.807, 2.05) is 6.92 Å². The van der Waals surface area contributed by atoms with Crippen LogP contribution in [0.15, 0.2) is 18.2 Å². The third-order valence-electron chi connectivity index (χ3n) is 5.34. The highest BCUT2D eigenvalue weighted by Gasteiger charge is 2.52. The Kier molecular flexibility index (Phi) is 6.23. The molecule has 6 nitrogen and oxygen atoms in total. The molecular weight excluding hydrogens is 378 g/mol. The Morgan fingerprint density at radius 3 is 2.54 bits per heavy atom. The molecule has 0 radical (unpaired) electrons. The number of nitrogens with one attached hydrogen (secondary N) is 3. The maximum atomic E-state index is 14.6. The first-order valence-corrected chi connectivity index (χ1v) is 9.19. The third kappa shape index (κ3) is 3.73. The highest BCUT2D eigenvalue weighted by Crippen LogP contribution is 2.35. The van der Waals surface area contributed by atoms with Gasteiger partial charge in [-0.05, 0) is 26.6 Å². The number of benzene rings is 1. The molecule has 0 aliphatic carbocycles. The Balaban J connectivity index is 1.94. The minimum absolute atomic E-state index is 0.215. The number of halogens is 4. The van der Waals surface area contributed by atoms with E-state index in [9.17, 15) is 22.4 Å². The molecule has 1 aromatic rings. The van der Waals surface area contributed by atoms with Gasteiger partial charge in [-0.25, -0.2) is 28.0 Å². The Hall–Kier alpha value is -1.75. The third-order valence-corrected chi connectivity index (χ3v) is 5.34. The van der Waals surface area contributed by atoms with Gasteiger partial charge in [0.1, 0.15) is 18.8 Å². The summed E-state index contributed by atoms with van der Waals surface area (Å²) in [6.45, 7) is 1.04. The van der Waals surface area contributed by atoms with Gasteiger partial charge in [-0.2, -0.15) is 0 Å². The van der Waals surface area contributed by atoms with Crippen molar-refractivity contribution in [3.8, 4) is 0 Å². The second-order valence-corrected chi connectivity index (χ2v) is 7.31. The van der Waals surface area contributed by atoms with E-state index in [0.29, 0.717) is 6.42 Å². The number of alkyl halides is 3. The number of hydrazine groups is 1. The molecule has 0 bridgehead atoms. The maximum Gasteiger partial charge on any atom is 0.263 e. The molecule has 5 atom stereocenters. The van der Waals surface area contributed by atoms with E-state index < -0.39 is 54.9 Å². The number of hydrogen-bond donors (Lipinski definition) is 3. The summed E-state index contributed by atoms with van der Waals surface area (Å²) in [6, 6.07) is 2.01. The van der Waals surface area contributed by atoms with E-state index in [-0.39, 0.29) is 11.5 Å². The second kappa shape index (κ2) is 8.32. The molecule has 0 spiro atoms. The summed E-state index contributed by atoms with van der Waals surface area (Å²) in [5, 5.41) is 7.67. The summed E-state index contributed by atoms with van der Waals surface area (Å²) in [5.41, 5.74) is 2.81. The number of carbonyl (C=O) groups is 1. The Morgan fingerprint density at radius 1 is 1.29 bits per heavy atom. The van der Waals surface area contributed by atoms with Crippen LogP contribution < -0.4 is 16.1 Å². The van der Waals surface area contributed by atoms with Crippen molar-refractivity contribution in [3.63, 3.8) is 0 Å². The van der Waals surface area contributed by atoms with Crippen molar-refractivity contribution in [2.24, 2.45) is 5.92 Å². The van der Waals surface area contributed by atoms with Gasteiger partial charge in [-0.3, -0.25) is 15.0 Å². The van der Waals surface area contributed by atoms with Crippen LogP contribution in [-0.2, 0) is 4.79 Å². The molecule has 3 rings (SSSR count). The van der Waals surface area contributed by atoms with Crippen LogP contribution in [0.5, 0.6) is 0 Å². The zero-order chi connectivity index (χ0) is 20.6. The Morgan fingerprint density at radius 2 is 2.00 bits per heavy atom. The van der Waals surface area contributed by atoms with Gasteiger partial charge in [-0.15, -0.1) is 0 Å². The Bertz CT molecular complexity index is 719. The summed E-state index contributed by atoms with van der Waals surface area (Å²) in [7, 11) is 3.55. The highest BCUT2D eigenvalue weighted by molar-refractivity contribution is 5.81. The van der Waals surface area contributed by atoms with Crippen LogP contribution in [0.1, 0.15) is 36.9 Å². The second-order valence-electron chi connectivity index (χ2n) is 7.31. The van der Waals surface area contributed by atoms with Gasteiger partial charge in [0.2, 0.25) is 5.91 Å². The van der Waals surface area contributed by atoms with E-state index in [2.05, 4.69) is 16.1 Å². The van der Waals surface area contributed by atoms with Crippen molar-refractivity contribution in [1.82, 2.24) is 26.0 Å². The number of carbonyl (C=O) groups excluding carboxylic acids is 1. The molecule has 5 unspecified atom stereocenters. The standard InChI is InChI=1S/C18H25F4N5O/c1-4-13(10-6-5-9(15(21)22)7-11(10)20)27-16-14(12(8-19)25-27)17(28)24-18(23-16)26(2)3/h5-7,12-16,18,23,25H,4,8H2,1-3H3,(H,24,28). The average Bonchev–Trinajstić information content (AvgIpc) is 3.02. The minimum atomic E-state index is -2.77. The SMILES string of the molecule is CCC(c1ccc(C(F)F)cc1F)N1NC(CF)C2C(=O)NC(N(C)C)NC21. The highest BCUT2D eigenvalue weighted by atomic mass is 19.3. The van der Waals surface area contributed by atoms with Crippen molar-refractivity contribution < 1.29 is 22.4 Å². The molecule has 1 aromatic carbocycles. The fraction of sp³-hybridized carbons (Fsp3) is 0.611. The predicted molar refractivity (Wildman–Crippen MR) is 95.2 cm³/mol. The van der Waals surface area contributed by atoms with Gasteiger partial charge >= 0.3 is 0 Å². The summed E-state index contributed by atoms with van der Waals surface area (Å²) < 4.78 is 53.9. The maximum absolute atomic E-state index is 14.6. The molecule has 2 saturated heterocycles. The number of nitrogens with zero attached hydrogens (tertiary/aromatic N) is 2.